The standard InChI is InChI=1S/C18H20O4S/c1-2-12-20-14-17(13-15-6-4-3-5-7-15)16-8-10-18(11-9-16)23-22-21-19/h2-11,17,19H,1,12-14H2. The highest BCUT2D eigenvalue weighted by molar-refractivity contribution is 7.94. The Balaban J connectivity index is 2.07. The Kier molecular flexibility index (Phi) is 7.86. The smallest absolute Gasteiger partial charge is 0.0714 e. The van der Waals surface area contributed by atoms with Crippen LogP contribution in [-0.4, -0.2) is 18.5 Å². The zero-order valence-electron chi connectivity index (χ0n) is 12.8. The maximum Gasteiger partial charge on any atom is 0.0714 e. The lowest BCUT2D eigenvalue weighted by atomic mass is 9.93. The van der Waals surface area contributed by atoms with Crippen molar-refractivity contribution in [1.29, 1.82) is 0 Å². The van der Waals surface area contributed by atoms with Gasteiger partial charge in [-0.2, -0.15) is 0 Å². The summed E-state index contributed by atoms with van der Waals surface area (Å²) in [6, 6.07) is 18.3. The average Bonchev–Trinajstić information content (AvgIpc) is 2.61. The van der Waals surface area contributed by atoms with Crippen LogP contribution in [0, 0.1) is 0 Å². The van der Waals surface area contributed by atoms with E-state index in [-0.39, 0.29) is 5.92 Å². The van der Waals surface area contributed by atoms with Gasteiger partial charge in [0.15, 0.2) is 0 Å². The van der Waals surface area contributed by atoms with Gasteiger partial charge in [0.25, 0.3) is 0 Å². The molecule has 4 nitrogen and oxygen atoms in total. The summed E-state index contributed by atoms with van der Waals surface area (Å²) in [4.78, 5) is 0.841. The van der Waals surface area contributed by atoms with Crippen LogP contribution in [-0.2, 0) is 20.5 Å². The second-order valence-electron chi connectivity index (χ2n) is 5.01. The summed E-state index contributed by atoms with van der Waals surface area (Å²) in [5.41, 5.74) is 2.46. The number of ether oxygens (including phenoxy) is 1. The third-order valence-corrected chi connectivity index (χ3v) is 3.99. The van der Waals surface area contributed by atoms with Crippen molar-refractivity contribution in [3.05, 3.63) is 78.4 Å². The average molecular weight is 332 g/mol. The Morgan fingerprint density at radius 3 is 2.48 bits per heavy atom. The summed E-state index contributed by atoms with van der Waals surface area (Å²) < 4.78 is 10.1. The number of benzene rings is 2. The van der Waals surface area contributed by atoms with Crippen molar-refractivity contribution in [2.75, 3.05) is 13.2 Å². The highest BCUT2D eigenvalue weighted by Gasteiger charge is 2.13. The first kappa shape index (κ1) is 17.7. The van der Waals surface area contributed by atoms with Crippen molar-refractivity contribution in [1.82, 2.24) is 0 Å². The summed E-state index contributed by atoms with van der Waals surface area (Å²) >= 11 is 0.950. The quantitative estimate of drug-likeness (QED) is 0.226. The molecule has 5 heteroatoms. The maximum absolute atomic E-state index is 8.19. The Hall–Kier alpha value is -1.63. The highest BCUT2D eigenvalue weighted by Crippen LogP contribution is 2.25. The van der Waals surface area contributed by atoms with Crippen molar-refractivity contribution in [3.8, 4) is 0 Å². The van der Waals surface area contributed by atoms with Gasteiger partial charge in [0.1, 0.15) is 0 Å². The second-order valence-corrected chi connectivity index (χ2v) is 5.78. The van der Waals surface area contributed by atoms with Crippen LogP contribution >= 0.6 is 12.0 Å². The molecule has 0 saturated carbocycles. The molecule has 0 aromatic heterocycles. The predicted molar refractivity (Wildman–Crippen MR) is 91.0 cm³/mol. The number of hydrogen-bond donors (Lipinski definition) is 1. The van der Waals surface area contributed by atoms with E-state index in [1.807, 2.05) is 42.5 Å². The Morgan fingerprint density at radius 2 is 1.83 bits per heavy atom. The zero-order valence-corrected chi connectivity index (χ0v) is 13.6. The van der Waals surface area contributed by atoms with Crippen LogP contribution in [0.1, 0.15) is 17.0 Å². The molecule has 0 fully saturated rings. The lowest BCUT2D eigenvalue weighted by molar-refractivity contribution is -0.432. The number of hydrogen-bond acceptors (Lipinski definition) is 5. The molecule has 0 aliphatic rings. The molecule has 0 bridgehead atoms. The van der Waals surface area contributed by atoms with Gasteiger partial charge in [-0.1, -0.05) is 53.6 Å². The van der Waals surface area contributed by atoms with E-state index in [4.69, 9.17) is 9.99 Å². The molecule has 2 aromatic rings. The van der Waals surface area contributed by atoms with Crippen molar-refractivity contribution in [3.63, 3.8) is 0 Å². The van der Waals surface area contributed by atoms with Gasteiger partial charge < -0.3 is 4.74 Å². The van der Waals surface area contributed by atoms with E-state index in [9.17, 15) is 0 Å². The van der Waals surface area contributed by atoms with Crippen molar-refractivity contribution in [2.24, 2.45) is 0 Å². The van der Waals surface area contributed by atoms with E-state index in [1.54, 1.807) is 6.08 Å². The molecular formula is C18H20O4S. The van der Waals surface area contributed by atoms with E-state index >= 15 is 0 Å². The molecule has 0 amide bonds. The monoisotopic (exact) mass is 332 g/mol. The molecule has 2 aromatic carbocycles. The van der Waals surface area contributed by atoms with Gasteiger partial charge in [-0.15, -0.1) is 10.9 Å². The molecule has 23 heavy (non-hydrogen) atoms. The summed E-state index contributed by atoms with van der Waals surface area (Å²) in [5.74, 6) is 0.256. The van der Waals surface area contributed by atoms with E-state index in [0.717, 1.165) is 23.4 Å². The van der Waals surface area contributed by atoms with Gasteiger partial charge in [0.2, 0.25) is 0 Å². The van der Waals surface area contributed by atoms with Gasteiger partial charge in [0.05, 0.1) is 25.3 Å². The molecule has 1 N–H and O–H groups in total. The van der Waals surface area contributed by atoms with Gasteiger partial charge >= 0.3 is 0 Å². The van der Waals surface area contributed by atoms with Crippen LogP contribution in [0.15, 0.2) is 72.1 Å². The van der Waals surface area contributed by atoms with E-state index in [2.05, 4.69) is 28.1 Å². The third kappa shape index (κ3) is 6.17. The minimum atomic E-state index is 0.256. The molecule has 0 saturated heterocycles. The fraction of sp³-hybridized carbons (Fsp3) is 0.222. The molecule has 2 rings (SSSR count). The molecule has 1 unspecified atom stereocenters. The number of rotatable bonds is 10. The minimum absolute atomic E-state index is 0.256. The summed E-state index contributed by atoms with van der Waals surface area (Å²) in [6.45, 7) is 4.85. The Morgan fingerprint density at radius 1 is 1.09 bits per heavy atom. The molecule has 1 atom stereocenters. The first-order valence-corrected chi connectivity index (χ1v) is 8.05. The normalized spacial score (nSPS) is 12.0. The molecular weight excluding hydrogens is 312 g/mol. The molecule has 122 valence electrons. The zero-order chi connectivity index (χ0) is 16.3. The minimum Gasteiger partial charge on any atom is -0.377 e. The fourth-order valence-corrected chi connectivity index (χ4v) is 2.67. The highest BCUT2D eigenvalue weighted by atomic mass is 32.2. The van der Waals surface area contributed by atoms with E-state index in [0.29, 0.717) is 13.2 Å². The Bertz CT molecular complexity index is 571. The molecule has 0 spiro atoms. The first-order valence-electron chi connectivity index (χ1n) is 7.30. The summed E-state index contributed by atoms with van der Waals surface area (Å²) in [6.07, 6.45) is 2.66. The second kappa shape index (κ2) is 10.2. The lowest BCUT2D eigenvalue weighted by Gasteiger charge is -2.18. The topological polar surface area (TPSA) is 47.9 Å². The van der Waals surface area contributed by atoms with Crippen LogP contribution in [0.2, 0.25) is 0 Å². The van der Waals surface area contributed by atoms with Crippen LogP contribution in [0.5, 0.6) is 0 Å². The predicted octanol–water partition coefficient (Wildman–Crippen LogP) is 4.64. The van der Waals surface area contributed by atoms with E-state index in [1.165, 1.54) is 11.1 Å². The van der Waals surface area contributed by atoms with Gasteiger partial charge in [-0.3, -0.25) is 0 Å². The molecule has 0 aliphatic carbocycles. The largest absolute Gasteiger partial charge is 0.377 e. The maximum atomic E-state index is 8.19. The van der Waals surface area contributed by atoms with Crippen LogP contribution in [0.4, 0.5) is 0 Å². The van der Waals surface area contributed by atoms with Gasteiger partial charge in [0, 0.05) is 10.8 Å². The summed E-state index contributed by atoms with van der Waals surface area (Å²) in [5, 5.41) is 11.8. The molecule has 0 heterocycles. The lowest BCUT2D eigenvalue weighted by Crippen LogP contribution is -2.11. The van der Waals surface area contributed by atoms with Crippen molar-refractivity contribution >= 4 is 12.0 Å². The van der Waals surface area contributed by atoms with Crippen molar-refractivity contribution < 1.29 is 19.4 Å². The molecule has 0 radical (unpaired) electrons. The van der Waals surface area contributed by atoms with E-state index < -0.39 is 0 Å². The van der Waals surface area contributed by atoms with Gasteiger partial charge in [-0.05, 0) is 29.7 Å². The van der Waals surface area contributed by atoms with Crippen molar-refractivity contribution in [2.45, 2.75) is 17.2 Å². The third-order valence-electron chi connectivity index (χ3n) is 3.39. The fourth-order valence-electron chi connectivity index (χ4n) is 2.32. The Labute approximate surface area is 140 Å². The summed E-state index contributed by atoms with van der Waals surface area (Å²) in [7, 11) is 0. The van der Waals surface area contributed by atoms with Crippen LogP contribution in [0.3, 0.4) is 0 Å². The first-order chi connectivity index (χ1) is 11.3. The van der Waals surface area contributed by atoms with Gasteiger partial charge in [-0.25, -0.2) is 5.26 Å². The van der Waals surface area contributed by atoms with Crippen LogP contribution < -0.4 is 0 Å². The van der Waals surface area contributed by atoms with Crippen LogP contribution in [0.25, 0.3) is 0 Å². The molecule has 0 aliphatic heterocycles. The SMILES string of the molecule is C=CCOCC(Cc1ccccc1)c1ccc(SOOO)cc1.